The van der Waals surface area contributed by atoms with Gasteiger partial charge in [0, 0.05) is 6.26 Å². The second-order valence-corrected chi connectivity index (χ2v) is 7.55. The minimum Gasteiger partial charge on any atom is -0.330 e. The molecule has 3 rings (SSSR count). The Bertz CT molecular complexity index is 924. The fourth-order valence-electron chi connectivity index (χ4n) is 1.79. The second-order valence-electron chi connectivity index (χ2n) is 4.23. The zero-order valence-electron chi connectivity index (χ0n) is 10.7. The Kier molecular flexibility index (Phi) is 3.52. The van der Waals surface area contributed by atoms with Crippen LogP contribution >= 0.6 is 22.9 Å². The van der Waals surface area contributed by atoms with E-state index in [2.05, 4.69) is 20.3 Å². The van der Waals surface area contributed by atoms with Gasteiger partial charge in [-0.1, -0.05) is 35.1 Å². The van der Waals surface area contributed by atoms with E-state index >= 15 is 0 Å². The number of nitrogens with one attached hydrogen (secondary N) is 1. The summed E-state index contributed by atoms with van der Waals surface area (Å²) in [6.45, 7) is 0. The monoisotopic (exact) mass is 340 g/mol. The molecule has 0 radical (unpaired) electrons. The maximum absolute atomic E-state index is 11.8. The normalized spacial score (nSPS) is 11.7. The number of hydrogen-bond donors (Lipinski definition) is 1. The van der Waals surface area contributed by atoms with E-state index in [9.17, 15) is 8.42 Å². The molecule has 0 saturated carbocycles. The van der Waals surface area contributed by atoms with Gasteiger partial charge >= 0.3 is 0 Å². The maximum Gasteiger partial charge on any atom is 0.189 e. The van der Waals surface area contributed by atoms with Crippen molar-refractivity contribution >= 4 is 53.9 Å². The van der Waals surface area contributed by atoms with Crippen molar-refractivity contribution in [3.8, 4) is 0 Å². The average molecular weight is 341 g/mol. The summed E-state index contributed by atoms with van der Waals surface area (Å²) in [7, 11) is -3.33. The molecule has 0 bridgehead atoms. The Hall–Kier alpha value is -1.77. The van der Waals surface area contributed by atoms with Crippen LogP contribution in [0.1, 0.15) is 0 Å². The van der Waals surface area contributed by atoms with E-state index < -0.39 is 9.84 Å². The van der Waals surface area contributed by atoms with Gasteiger partial charge in [-0.2, -0.15) is 0 Å². The van der Waals surface area contributed by atoms with Crippen LogP contribution < -0.4 is 5.32 Å². The average Bonchev–Trinajstić information content (AvgIpc) is 2.82. The van der Waals surface area contributed by atoms with E-state index in [4.69, 9.17) is 11.6 Å². The molecule has 1 aromatic carbocycles. The Morgan fingerprint density at radius 2 is 2.00 bits per heavy atom. The smallest absolute Gasteiger partial charge is 0.189 e. The van der Waals surface area contributed by atoms with Gasteiger partial charge in [0.05, 0.1) is 10.6 Å². The molecule has 0 aliphatic carbocycles. The number of anilines is 2. The summed E-state index contributed by atoms with van der Waals surface area (Å²) >= 11 is 7.22. The molecule has 0 saturated heterocycles. The largest absolute Gasteiger partial charge is 0.330 e. The summed E-state index contributed by atoms with van der Waals surface area (Å²) in [5.74, 6) is 0. The highest BCUT2D eigenvalue weighted by atomic mass is 35.5. The van der Waals surface area contributed by atoms with Crippen molar-refractivity contribution in [1.29, 1.82) is 0 Å². The highest BCUT2D eigenvalue weighted by molar-refractivity contribution is 7.90. The molecule has 2 aromatic heterocycles. The molecule has 2 heterocycles. The third-order valence-corrected chi connectivity index (χ3v) is 4.99. The van der Waals surface area contributed by atoms with Gasteiger partial charge in [0.2, 0.25) is 0 Å². The fourth-order valence-corrected chi connectivity index (χ4v) is 3.68. The van der Waals surface area contributed by atoms with Crippen molar-refractivity contribution in [2.24, 2.45) is 0 Å². The van der Waals surface area contributed by atoms with Crippen molar-refractivity contribution < 1.29 is 8.42 Å². The predicted molar refractivity (Wildman–Crippen MR) is 83.1 cm³/mol. The van der Waals surface area contributed by atoms with Gasteiger partial charge in [-0.3, -0.25) is 0 Å². The molecule has 3 aromatic rings. The lowest BCUT2D eigenvalue weighted by Gasteiger charge is -2.07. The number of hydrogen-bond acceptors (Lipinski definition) is 7. The van der Waals surface area contributed by atoms with E-state index in [1.807, 2.05) is 0 Å². The van der Waals surface area contributed by atoms with E-state index in [1.54, 1.807) is 18.2 Å². The number of nitrogens with zero attached hydrogens (tertiary/aromatic N) is 3. The number of aromatic nitrogens is 3. The lowest BCUT2D eigenvalue weighted by Crippen LogP contribution is -2.02. The summed E-state index contributed by atoms with van der Waals surface area (Å²) in [5, 5.41) is 3.77. The number of rotatable bonds is 3. The molecular formula is C12H9ClN4O2S2. The quantitative estimate of drug-likeness (QED) is 0.738. The minimum atomic E-state index is -3.33. The SMILES string of the molecule is CS(=O)(=O)c1ccccc1Nc1nc2c(Cl)ncnc2s1. The topological polar surface area (TPSA) is 84.8 Å². The van der Waals surface area contributed by atoms with Crippen LogP contribution in [0.2, 0.25) is 5.15 Å². The molecule has 0 aliphatic heterocycles. The molecular weight excluding hydrogens is 332 g/mol. The predicted octanol–water partition coefficient (Wildman–Crippen LogP) is 2.89. The van der Waals surface area contributed by atoms with Gasteiger partial charge in [0.1, 0.15) is 16.7 Å². The molecule has 21 heavy (non-hydrogen) atoms. The van der Waals surface area contributed by atoms with E-state index in [-0.39, 0.29) is 10.0 Å². The fraction of sp³-hybridized carbons (Fsp3) is 0.0833. The van der Waals surface area contributed by atoms with Crippen LogP contribution in [-0.2, 0) is 9.84 Å². The number of fused-ring (bicyclic) bond motifs is 1. The molecule has 108 valence electrons. The zero-order valence-corrected chi connectivity index (χ0v) is 13.1. The Morgan fingerprint density at radius 3 is 2.71 bits per heavy atom. The van der Waals surface area contributed by atoms with Crippen LogP contribution in [0.4, 0.5) is 10.8 Å². The number of sulfone groups is 1. The number of halogens is 1. The van der Waals surface area contributed by atoms with Crippen LogP contribution in [0.3, 0.4) is 0 Å². The standard InChI is InChI=1S/C12H9ClN4O2S2/c1-21(18,19)8-5-3-2-4-7(8)16-12-17-9-10(13)14-6-15-11(9)20-12/h2-6H,1H3,(H,16,17). The van der Waals surface area contributed by atoms with E-state index in [1.165, 1.54) is 23.7 Å². The van der Waals surface area contributed by atoms with Crippen molar-refractivity contribution in [1.82, 2.24) is 15.0 Å². The molecule has 6 nitrogen and oxygen atoms in total. The molecule has 0 atom stereocenters. The van der Waals surface area contributed by atoms with Gasteiger partial charge < -0.3 is 5.32 Å². The number of benzene rings is 1. The van der Waals surface area contributed by atoms with Crippen LogP contribution in [0.5, 0.6) is 0 Å². The Labute approximate surface area is 129 Å². The first-order valence-corrected chi connectivity index (χ1v) is 8.87. The first-order valence-electron chi connectivity index (χ1n) is 5.78. The van der Waals surface area contributed by atoms with Crippen LogP contribution in [0.15, 0.2) is 35.5 Å². The van der Waals surface area contributed by atoms with Gasteiger partial charge in [0.15, 0.2) is 20.1 Å². The number of thiazole rings is 1. The van der Waals surface area contributed by atoms with Gasteiger partial charge in [-0.25, -0.2) is 23.4 Å². The second kappa shape index (κ2) is 5.21. The maximum atomic E-state index is 11.8. The summed E-state index contributed by atoms with van der Waals surface area (Å²) in [6, 6.07) is 6.63. The van der Waals surface area contributed by atoms with Gasteiger partial charge in [0.25, 0.3) is 0 Å². The summed E-state index contributed by atoms with van der Waals surface area (Å²) in [6.07, 6.45) is 2.52. The minimum absolute atomic E-state index is 0.210. The van der Waals surface area contributed by atoms with Gasteiger partial charge in [-0.15, -0.1) is 0 Å². The van der Waals surface area contributed by atoms with Crippen LogP contribution in [0, 0.1) is 0 Å². The molecule has 0 fully saturated rings. The molecule has 1 N–H and O–H groups in total. The molecule has 0 aliphatic rings. The van der Waals surface area contributed by atoms with E-state index in [0.717, 1.165) is 6.26 Å². The summed E-state index contributed by atoms with van der Waals surface area (Å²) < 4.78 is 23.5. The van der Waals surface area contributed by atoms with Crippen LogP contribution in [-0.4, -0.2) is 29.6 Å². The zero-order chi connectivity index (χ0) is 15.0. The van der Waals surface area contributed by atoms with E-state index in [0.29, 0.717) is 21.2 Å². The Morgan fingerprint density at radius 1 is 1.24 bits per heavy atom. The molecule has 0 spiro atoms. The third kappa shape index (κ3) is 2.82. The highest BCUT2D eigenvalue weighted by Gasteiger charge is 2.15. The number of para-hydroxylation sites is 1. The first kappa shape index (κ1) is 14.2. The molecule has 0 amide bonds. The lowest BCUT2D eigenvalue weighted by atomic mass is 10.3. The molecule has 9 heteroatoms. The third-order valence-electron chi connectivity index (χ3n) is 2.68. The van der Waals surface area contributed by atoms with Crippen LogP contribution in [0.25, 0.3) is 10.3 Å². The van der Waals surface area contributed by atoms with Crippen molar-refractivity contribution in [3.63, 3.8) is 0 Å². The Balaban J connectivity index is 2.05. The van der Waals surface area contributed by atoms with Gasteiger partial charge in [-0.05, 0) is 12.1 Å². The lowest BCUT2D eigenvalue weighted by molar-refractivity contribution is 0.602. The molecule has 0 unspecified atom stereocenters. The van der Waals surface area contributed by atoms with Crippen molar-refractivity contribution in [2.45, 2.75) is 4.90 Å². The van der Waals surface area contributed by atoms with Crippen molar-refractivity contribution in [2.75, 3.05) is 11.6 Å². The highest BCUT2D eigenvalue weighted by Crippen LogP contribution is 2.31. The first-order chi connectivity index (χ1) is 9.95. The summed E-state index contributed by atoms with van der Waals surface area (Å²) in [5.41, 5.74) is 0.951. The summed E-state index contributed by atoms with van der Waals surface area (Å²) in [4.78, 5) is 13.1. The van der Waals surface area contributed by atoms with Crippen molar-refractivity contribution in [3.05, 3.63) is 35.7 Å².